The van der Waals surface area contributed by atoms with Crippen LogP contribution in [0.1, 0.15) is 12.2 Å². The molecule has 0 spiro atoms. The van der Waals surface area contributed by atoms with Gasteiger partial charge >= 0.3 is 0 Å². The zero-order chi connectivity index (χ0) is 11.5. The lowest BCUT2D eigenvalue weighted by atomic mass is 10.1. The highest BCUT2D eigenvalue weighted by Gasteiger charge is 2.22. The van der Waals surface area contributed by atoms with E-state index < -0.39 is 5.43 Å². The fourth-order valence-corrected chi connectivity index (χ4v) is 1.95. The minimum atomic E-state index is -0.417. The Labute approximate surface area is 92.9 Å². The summed E-state index contributed by atoms with van der Waals surface area (Å²) >= 11 is 0. The van der Waals surface area contributed by atoms with Gasteiger partial charge in [-0.15, -0.1) is 0 Å². The Bertz CT molecular complexity index is 415. The summed E-state index contributed by atoms with van der Waals surface area (Å²) in [5, 5.41) is 18.0. The fourth-order valence-electron chi connectivity index (χ4n) is 1.95. The largest absolute Gasteiger partial charge is 0.502 e. The van der Waals surface area contributed by atoms with Crippen molar-refractivity contribution in [3.05, 3.63) is 28.3 Å². The van der Waals surface area contributed by atoms with E-state index >= 15 is 0 Å². The molecular formula is C11H15NO4. The second-order valence-electron chi connectivity index (χ2n) is 4.17. The van der Waals surface area contributed by atoms with Gasteiger partial charge in [0.05, 0.1) is 6.54 Å². The smallest absolute Gasteiger partial charge is 0.226 e. The van der Waals surface area contributed by atoms with E-state index in [1.807, 2.05) is 0 Å². The van der Waals surface area contributed by atoms with Crippen molar-refractivity contribution in [3.8, 4) is 5.75 Å². The zero-order valence-electron chi connectivity index (χ0n) is 8.93. The monoisotopic (exact) mass is 225 g/mol. The van der Waals surface area contributed by atoms with Crippen molar-refractivity contribution in [1.82, 2.24) is 4.90 Å². The van der Waals surface area contributed by atoms with Gasteiger partial charge in [-0.05, 0) is 18.9 Å². The van der Waals surface area contributed by atoms with Gasteiger partial charge in [-0.25, -0.2) is 0 Å². The van der Waals surface area contributed by atoms with E-state index in [0.29, 0.717) is 18.2 Å². The minimum absolute atomic E-state index is 0.204. The fraction of sp³-hybridized carbons (Fsp3) is 0.545. The predicted molar refractivity (Wildman–Crippen MR) is 57.1 cm³/mol. The van der Waals surface area contributed by atoms with Crippen LogP contribution in [0.15, 0.2) is 21.5 Å². The number of rotatable bonds is 3. The molecule has 1 unspecified atom stereocenters. The summed E-state index contributed by atoms with van der Waals surface area (Å²) in [6.45, 7) is 2.47. The number of hydrogen-bond donors (Lipinski definition) is 2. The van der Waals surface area contributed by atoms with Crippen LogP contribution in [-0.2, 0) is 6.54 Å². The third-order valence-corrected chi connectivity index (χ3v) is 2.87. The number of aromatic hydroxyl groups is 1. The average molecular weight is 225 g/mol. The maximum Gasteiger partial charge on any atom is 0.226 e. The maximum absolute atomic E-state index is 11.2. The van der Waals surface area contributed by atoms with Crippen molar-refractivity contribution in [2.75, 3.05) is 19.7 Å². The van der Waals surface area contributed by atoms with Crippen LogP contribution in [0.3, 0.4) is 0 Å². The molecule has 0 amide bonds. The summed E-state index contributed by atoms with van der Waals surface area (Å²) in [7, 11) is 0. The van der Waals surface area contributed by atoms with E-state index in [0.717, 1.165) is 25.8 Å². The summed E-state index contributed by atoms with van der Waals surface area (Å²) < 4.78 is 5.12. The van der Waals surface area contributed by atoms with Gasteiger partial charge in [0.25, 0.3) is 0 Å². The van der Waals surface area contributed by atoms with E-state index in [2.05, 4.69) is 4.90 Å². The van der Waals surface area contributed by atoms with Crippen molar-refractivity contribution in [1.29, 1.82) is 0 Å². The molecule has 0 radical (unpaired) electrons. The molecule has 2 N–H and O–H groups in total. The molecule has 88 valence electrons. The average Bonchev–Trinajstić information content (AvgIpc) is 2.71. The maximum atomic E-state index is 11.2. The molecule has 1 fully saturated rings. The molecule has 16 heavy (non-hydrogen) atoms. The Morgan fingerprint density at radius 1 is 1.56 bits per heavy atom. The van der Waals surface area contributed by atoms with Crippen LogP contribution in [0.5, 0.6) is 5.75 Å². The first-order chi connectivity index (χ1) is 7.69. The Hall–Kier alpha value is -1.33. The molecule has 1 atom stereocenters. The highest BCUT2D eigenvalue weighted by atomic mass is 16.4. The summed E-state index contributed by atoms with van der Waals surface area (Å²) in [4.78, 5) is 13.3. The van der Waals surface area contributed by atoms with Crippen molar-refractivity contribution in [2.24, 2.45) is 5.92 Å². The van der Waals surface area contributed by atoms with Gasteiger partial charge < -0.3 is 14.6 Å². The molecular weight excluding hydrogens is 210 g/mol. The van der Waals surface area contributed by atoms with Gasteiger partial charge in [0, 0.05) is 19.2 Å². The Morgan fingerprint density at radius 3 is 3.00 bits per heavy atom. The van der Waals surface area contributed by atoms with E-state index in [-0.39, 0.29) is 12.4 Å². The SMILES string of the molecule is O=c1cc(CN2CCC(CO)C2)occ1O. The highest BCUT2D eigenvalue weighted by Crippen LogP contribution is 2.17. The standard InChI is InChI=1S/C11H15NO4/c13-6-8-1-2-12(4-8)5-9-3-10(14)11(15)7-16-9/h3,7-8,13,15H,1-2,4-6H2. The Balaban J connectivity index is 1.99. The molecule has 1 aliphatic rings. The molecule has 2 rings (SSSR count). The van der Waals surface area contributed by atoms with Gasteiger partial charge in [-0.3, -0.25) is 9.69 Å². The van der Waals surface area contributed by atoms with Crippen LogP contribution in [0.2, 0.25) is 0 Å². The zero-order valence-corrected chi connectivity index (χ0v) is 8.93. The lowest BCUT2D eigenvalue weighted by Gasteiger charge is -2.14. The lowest BCUT2D eigenvalue weighted by Crippen LogP contribution is -2.21. The first-order valence-corrected chi connectivity index (χ1v) is 5.33. The molecule has 1 aliphatic heterocycles. The number of likely N-dealkylation sites (tertiary alicyclic amines) is 1. The Morgan fingerprint density at radius 2 is 2.38 bits per heavy atom. The van der Waals surface area contributed by atoms with E-state index in [9.17, 15) is 4.79 Å². The first-order valence-electron chi connectivity index (χ1n) is 5.33. The molecule has 2 heterocycles. The summed E-state index contributed by atoms with van der Waals surface area (Å²) in [5.74, 6) is 0.503. The molecule has 5 heteroatoms. The van der Waals surface area contributed by atoms with Crippen molar-refractivity contribution in [2.45, 2.75) is 13.0 Å². The third-order valence-electron chi connectivity index (χ3n) is 2.87. The van der Waals surface area contributed by atoms with Crippen molar-refractivity contribution >= 4 is 0 Å². The van der Waals surface area contributed by atoms with Crippen LogP contribution in [-0.4, -0.2) is 34.8 Å². The van der Waals surface area contributed by atoms with Crippen LogP contribution in [0.4, 0.5) is 0 Å². The molecule has 1 aromatic rings. The topological polar surface area (TPSA) is 73.9 Å². The number of hydrogen-bond acceptors (Lipinski definition) is 5. The molecule has 0 aromatic carbocycles. The van der Waals surface area contributed by atoms with Crippen LogP contribution < -0.4 is 5.43 Å². The van der Waals surface area contributed by atoms with Crippen LogP contribution in [0.25, 0.3) is 0 Å². The highest BCUT2D eigenvalue weighted by molar-refractivity contribution is 5.15. The summed E-state index contributed by atoms with van der Waals surface area (Å²) in [6.07, 6.45) is 2.04. The Kier molecular flexibility index (Phi) is 3.26. The normalized spacial score (nSPS) is 21.4. The number of nitrogens with zero attached hydrogens (tertiary/aromatic N) is 1. The first kappa shape index (κ1) is 11.2. The van der Waals surface area contributed by atoms with Gasteiger partial charge in [0.15, 0.2) is 5.75 Å². The summed E-state index contributed by atoms with van der Waals surface area (Å²) in [5.41, 5.74) is -0.417. The molecule has 5 nitrogen and oxygen atoms in total. The molecule has 0 bridgehead atoms. The quantitative estimate of drug-likeness (QED) is 0.766. The van der Waals surface area contributed by atoms with Gasteiger partial charge in [0.1, 0.15) is 12.0 Å². The number of aliphatic hydroxyl groups excluding tert-OH is 1. The predicted octanol–water partition coefficient (Wildman–Crippen LogP) is 0.160. The van der Waals surface area contributed by atoms with Gasteiger partial charge in [-0.1, -0.05) is 0 Å². The van der Waals surface area contributed by atoms with Gasteiger partial charge in [-0.2, -0.15) is 0 Å². The van der Waals surface area contributed by atoms with Crippen LogP contribution >= 0.6 is 0 Å². The third kappa shape index (κ3) is 2.43. The van der Waals surface area contributed by atoms with Gasteiger partial charge in [0.2, 0.25) is 5.43 Å². The van der Waals surface area contributed by atoms with E-state index in [1.165, 1.54) is 6.07 Å². The summed E-state index contributed by atoms with van der Waals surface area (Å²) in [6, 6.07) is 1.31. The second kappa shape index (κ2) is 4.67. The minimum Gasteiger partial charge on any atom is -0.502 e. The van der Waals surface area contributed by atoms with E-state index in [4.69, 9.17) is 14.6 Å². The molecule has 1 aromatic heterocycles. The molecule has 0 aliphatic carbocycles. The van der Waals surface area contributed by atoms with Crippen molar-refractivity contribution < 1.29 is 14.6 Å². The number of aliphatic hydroxyl groups is 1. The second-order valence-corrected chi connectivity index (χ2v) is 4.17. The van der Waals surface area contributed by atoms with E-state index in [1.54, 1.807) is 0 Å². The molecule has 1 saturated heterocycles. The lowest BCUT2D eigenvalue weighted by molar-refractivity contribution is 0.215. The van der Waals surface area contributed by atoms with Crippen LogP contribution in [0, 0.1) is 5.92 Å². The molecule has 0 saturated carbocycles. The van der Waals surface area contributed by atoms with Crippen molar-refractivity contribution in [3.63, 3.8) is 0 Å².